The summed E-state index contributed by atoms with van der Waals surface area (Å²) in [6.45, 7) is 6.49. The second-order valence-electron chi connectivity index (χ2n) is 7.02. The molecular weight excluding hydrogens is 339 g/mol. The normalized spacial score (nSPS) is 20.6. The number of nitrogens with two attached hydrogens (primary N) is 1. The number of nitrogens with one attached hydrogen (secondary N) is 1. The maximum Gasteiger partial charge on any atom is 0.452 e. The Balaban J connectivity index is 3.32. The molecule has 3 atom stereocenters. The van der Waals surface area contributed by atoms with Crippen LogP contribution in [0.25, 0.3) is 0 Å². The summed E-state index contributed by atoms with van der Waals surface area (Å²) >= 11 is 0. The number of amides is 2. The Morgan fingerprint density at radius 1 is 1.12 bits per heavy atom. The van der Waals surface area contributed by atoms with Gasteiger partial charge in [-0.3, -0.25) is 19.3 Å². The topological polar surface area (TPSA) is 92.5 Å². The number of rotatable bonds is 6. The van der Waals surface area contributed by atoms with E-state index < -0.39 is 53.7 Å². The predicted molar refractivity (Wildman–Crippen MR) is 85.4 cm³/mol. The summed E-state index contributed by atoms with van der Waals surface area (Å²) in [7, 11) is 0. The number of Topliss-reactive ketones (excluding diaryl/α,β-unsaturated/α-hetero) is 1. The van der Waals surface area contributed by atoms with Gasteiger partial charge in [0, 0.05) is 0 Å². The minimum absolute atomic E-state index is 0.393. The molecule has 1 unspecified atom stereocenters. The third-order valence-corrected chi connectivity index (χ3v) is 4.29. The van der Waals surface area contributed by atoms with Gasteiger partial charge in [0.2, 0.25) is 11.8 Å². The van der Waals surface area contributed by atoms with Gasteiger partial charge in [0.05, 0.1) is 12.1 Å². The Bertz CT molecular complexity index is 500. The highest BCUT2D eigenvalue weighted by Crippen LogP contribution is 2.27. The van der Waals surface area contributed by atoms with Crippen molar-refractivity contribution in [3.8, 4) is 0 Å². The highest BCUT2D eigenvalue weighted by Gasteiger charge is 2.51. The maximum atomic E-state index is 13.0. The second kappa shape index (κ2) is 8.27. The number of halogens is 3. The van der Waals surface area contributed by atoms with Gasteiger partial charge in [0.15, 0.2) is 0 Å². The SMILES string of the molecule is CC(C)C(C(=O)C(F)(F)F)N(C(=O)[C@@H]1CCCN1)C(=O)[C@@H](N)C(C)C. The Morgan fingerprint density at radius 3 is 2.04 bits per heavy atom. The summed E-state index contributed by atoms with van der Waals surface area (Å²) in [4.78, 5) is 37.8. The molecule has 0 aromatic carbocycles. The van der Waals surface area contributed by atoms with E-state index in [-0.39, 0.29) is 0 Å². The van der Waals surface area contributed by atoms with E-state index in [4.69, 9.17) is 5.73 Å². The maximum absolute atomic E-state index is 13.0. The first-order valence-electron chi connectivity index (χ1n) is 8.36. The van der Waals surface area contributed by atoms with Crippen LogP contribution in [-0.4, -0.2) is 53.3 Å². The zero-order valence-electron chi connectivity index (χ0n) is 14.9. The molecule has 0 saturated carbocycles. The molecule has 6 nitrogen and oxygen atoms in total. The molecule has 0 radical (unpaired) electrons. The fourth-order valence-corrected chi connectivity index (χ4v) is 2.78. The monoisotopic (exact) mass is 365 g/mol. The van der Waals surface area contributed by atoms with Crippen LogP contribution in [0.4, 0.5) is 13.2 Å². The van der Waals surface area contributed by atoms with Crippen molar-refractivity contribution in [1.82, 2.24) is 10.2 Å². The van der Waals surface area contributed by atoms with Gasteiger partial charge in [-0.15, -0.1) is 0 Å². The van der Waals surface area contributed by atoms with Crippen LogP contribution >= 0.6 is 0 Å². The second-order valence-corrected chi connectivity index (χ2v) is 7.02. The van der Waals surface area contributed by atoms with E-state index in [9.17, 15) is 27.6 Å². The number of carbonyl (C=O) groups is 3. The Hall–Kier alpha value is -1.48. The Kier molecular flexibility index (Phi) is 7.13. The van der Waals surface area contributed by atoms with Crippen LogP contribution in [0.2, 0.25) is 0 Å². The number of nitrogens with zero attached hydrogens (tertiary/aromatic N) is 1. The van der Waals surface area contributed by atoms with Crippen LogP contribution in [0.5, 0.6) is 0 Å². The highest BCUT2D eigenvalue weighted by atomic mass is 19.4. The lowest BCUT2D eigenvalue weighted by Crippen LogP contribution is -2.62. The van der Waals surface area contributed by atoms with E-state index in [0.29, 0.717) is 24.3 Å². The lowest BCUT2D eigenvalue weighted by Gasteiger charge is -2.35. The summed E-state index contributed by atoms with van der Waals surface area (Å²) in [5, 5.41) is 2.85. The van der Waals surface area contributed by atoms with Crippen LogP contribution < -0.4 is 11.1 Å². The largest absolute Gasteiger partial charge is 0.452 e. The molecule has 3 N–H and O–H groups in total. The van der Waals surface area contributed by atoms with Crippen molar-refractivity contribution in [2.24, 2.45) is 17.6 Å². The van der Waals surface area contributed by atoms with Crippen molar-refractivity contribution >= 4 is 17.6 Å². The lowest BCUT2D eigenvalue weighted by atomic mass is 9.94. The van der Waals surface area contributed by atoms with Crippen LogP contribution in [0.1, 0.15) is 40.5 Å². The van der Waals surface area contributed by atoms with Crippen molar-refractivity contribution in [2.45, 2.75) is 64.8 Å². The average Bonchev–Trinajstić information content (AvgIpc) is 3.02. The molecule has 1 heterocycles. The summed E-state index contributed by atoms with van der Waals surface area (Å²) in [6.07, 6.45) is -4.10. The number of hydrogen-bond donors (Lipinski definition) is 2. The first-order valence-corrected chi connectivity index (χ1v) is 8.36. The fourth-order valence-electron chi connectivity index (χ4n) is 2.78. The average molecular weight is 365 g/mol. The molecule has 0 bridgehead atoms. The van der Waals surface area contributed by atoms with Gasteiger partial charge >= 0.3 is 6.18 Å². The van der Waals surface area contributed by atoms with E-state index in [1.165, 1.54) is 13.8 Å². The zero-order valence-corrected chi connectivity index (χ0v) is 14.9. The molecule has 25 heavy (non-hydrogen) atoms. The van der Waals surface area contributed by atoms with Crippen LogP contribution in [0, 0.1) is 11.8 Å². The van der Waals surface area contributed by atoms with Gasteiger partial charge in [0.25, 0.3) is 5.78 Å². The van der Waals surface area contributed by atoms with E-state index in [1.54, 1.807) is 13.8 Å². The smallest absolute Gasteiger partial charge is 0.320 e. The minimum atomic E-state index is -5.15. The molecule has 0 aliphatic carbocycles. The van der Waals surface area contributed by atoms with Crippen LogP contribution in [0.3, 0.4) is 0 Å². The van der Waals surface area contributed by atoms with Crippen molar-refractivity contribution in [1.29, 1.82) is 0 Å². The van der Waals surface area contributed by atoms with Gasteiger partial charge < -0.3 is 11.1 Å². The molecule has 0 spiro atoms. The highest BCUT2D eigenvalue weighted by molar-refractivity contribution is 6.05. The number of imide groups is 1. The molecule has 1 rings (SSSR count). The number of hydrogen-bond acceptors (Lipinski definition) is 5. The lowest BCUT2D eigenvalue weighted by molar-refractivity contribution is -0.182. The van der Waals surface area contributed by atoms with Crippen molar-refractivity contribution in [3.05, 3.63) is 0 Å². The minimum Gasteiger partial charge on any atom is -0.320 e. The van der Waals surface area contributed by atoms with E-state index in [2.05, 4.69) is 5.32 Å². The van der Waals surface area contributed by atoms with Crippen molar-refractivity contribution < 1.29 is 27.6 Å². The summed E-state index contributed by atoms with van der Waals surface area (Å²) < 4.78 is 39.1. The number of carbonyl (C=O) groups excluding carboxylic acids is 3. The molecule has 1 saturated heterocycles. The van der Waals surface area contributed by atoms with Gasteiger partial charge in [-0.2, -0.15) is 13.2 Å². The summed E-state index contributed by atoms with van der Waals surface area (Å²) in [6, 6.07) is -3.88. The molecule has 0 aromatic rings. The van der Waals surface area contributed by atoms with Gasteiger partial charge in [-0.1, -0.05) is 27.7 Å². The van der Waals surface area contributed by atoms with Crippen LogP contribution in [0.15, 0.2) is 0 Å². The molecular formula is C16H26F3N3O3. The Labute approximate surface area is 145 Å². The predicted octanol–water partition coefficient (Wildman–Crippen LogP) is 1.23. The van der Waals surface area contributed by atoms with E-state index in [1.807, 2.05) is 0 Å². The Morgan fingerprint density at radius 2 is 1.68 bits per heavy atom. The fraction of sp³-hybridized carbons (Fsp3) is 0.812. The van der Waals surface area contributed by atoms with E-state index in [0.717, 1.165) is 0 Å². The molecule has 9 heteroatoms. The summed E-state index contributed by atoms with van der Waals surface area (Å²) in [5.74, 6) is -5.19. The molecule has 2 amide bonds. The first kappa shape index (κ1) is 21.6. The number of alkyl halides is 3. The van der Waals surface area contributed by atoms with E-state index >= 15 is 0 Å². The molecule has 1 fully saturated rings. The third-order valence-electron chi connectivity index (χ3n) is 4.29. The van der Waals surface area contributed by atoms with Crippen LogP contribution in [-0.2, 0) is 14.4 Å². The number of ketones is 1. The van der Waals surface area contributed by atoms with Crippen molar-refractivity contribution in [2.75, 3.05) is 6.54 Å². The molecule has 144 valence electrons. The molecule has 1 aliphatic rings. The summed E-state index contributed by atoms with van der Waals surface area (Å²) in [5.41, 5.74) is 5.79. The quantitative estimate of drug-likeness (QED) is 0.739. The van der Waals surface area contributed by atoms with Gasteiger partial charge in [-0.05, 0) is 31.2 Å². The standard InChI is InChI=1S/C16H26F3N3O3/c1-8(2)11(20)15(25)22(14(24)10-6-5-7-21-10)12(9(3)4)13(23)16(17,18)19/h8-12,21H,5-7,20H2,1-4H3/t10-,11-,12?/m0/s1. The van der Waals surface area contributed by atoms with Crippen molar-refractivity contribution in [3.63, 3.8) is 0 Å². The zero-order chi connectivity index (χ0) is 19.5. The van der Waals surface area contributed by atoms with Gasteiger partial charge in [0.1, 0.15) is 6.04 Å². The first-order chi connectivity index (χ1) is 11.4. The van der Waals surface area contributed by atoms with Gasteiger partial charge in [-0.25, -0.2) is 0 Å². The molecule has 1 aliphatic heterocycles. The third kappa shape index (κ3) is 5.01. The molecule has 0 aromatic heterocycles.